The predicted octanol–water partition coefficient (Wildman–Crippen LogP) is 1.90. The molecule has 118 valence electrons. The van der Waals surface area contributed by atoms with Gasteiger partial charge in [0.25, 0.3) is 0 Å². The topological polar surface area (TPSA) is 84.2 Å². The molecule has 1 heterocycles. The zero-order valence-corrected chi connectivity index (χ0v) is 13.4. The third-order valence-electron chi connectivity index (χ3n) is 3.41. The summed E-state index contributed by atoms with van der Waals surface area (Å²) in [6, 6.07) is 1.57. The molecule has 0 aromatic carbocycles. The molecule has 0 saturated carbocycles. The van der Waals surface area contributed by atoms with Crippen molar-refractivity contribution in [2.45, 2.75) is 60.0 Å². The molecule has 0 spiro atoms. The highest BCUT2D eigenvalue weighted by Crippen LogP contribution is 2.22. The summed E-state index contributed by atoms with van der Waals surface area (Å²) in [6.45, 7) is 10.1. The second kappa shape index (κ2) is 6.74. The molecule has 1 aromatic rings. The van der Waals surface area contributed by atoms with Crippen LogP contribution in [-0.2, 0) is 16.1 Å². The summed E-state index contributed by atoms with van der Waals surface area (Å²) >= 11 is 0. The second-order valence-corrected chi connectivity index (χ2v) is 6.48. The number of nitrogens with one attached hydrogen (secondary N) is 1. The van der Waals surface area contributed by atoms with Crippen LogP contribution < -0.4 is 5.32 Å². The van der Waals surface area contributed by atoms with Crippen molar-refractivity contribution in [3.63, 3.8) is 0 Å². The third-order valence-corrected chi connectivity index (χ3v) is 3.41. The van der Waals surface area contributed by atoms with Gasteiger partial charge in [-0.2, -0.15) is 5.10 Å². The average molecular weight is 295 g/mol. The van der Waals surface area contributed by atoms with E-state index in [-0.39, 0.29) is 30.2 Å². The monoisotopic (exact) mass is 295 g/mol. The van der Waals surface area contributed by atoms with Crippen LogP contribution in [-0.4, -0.2) is 32.8 Å². The Morgan fingerprint density at radius 3 is 2.43 bits per heavy atom. The van der Waals surface area contributed by atoms with Crippen LogP contribution in [0.1, 0.15) is 45.0 Å². The average Bonchev–Trinajstić information content (AvgIpc) is 2.62. The summed E-state index contributed by atoms with van der Waals surface area (Å²) in [5.41, 5.74) is 1.64. The first-order valence-corrected chi connectivity index (χ1v) is 7.12. The Morgan fingerprint density at radius 1 is 1.38 bits per heavy atom. The summed E-state index contributed by atoms with van der Waals surface area (Å²) in [5, 5.41) is 16.1. The van der Waals surface area contributed by atoms with Crippen LogP contribution in [0.4, 0.5) is 0 Å². The highest BCUT2D eigenvalue weighted by Gasteiger charge is 2.28. The molecule has 6 nitrogen and oxygen atoms in total. The molecule has 1 rings (SSSR count). The summed E-state index contributed by atoms with van der Waals surface area (Å²) in [5.74, 6) is -1.06. The molecular weight excluding hydrogens is 270 g/mol. The Bertz CT molecular complexity index is 515. The molecule has 2 N–H and O–H groups in total. The Kier molecular flexibility index (Phi) is 5.52. The lowest BCUT2D eigenvalue weighted by Crippen LogP contribution is -2.45. The van der Waals surface area contributed by atoms with E-state index in [1.54, 1.807) is 4.68 Å². The van der Waals surface area contributed by atoms with Gasteiger partial charge in [0.05, 0.1) is 12.1 Å². The summed E-state index contributed by atoms with van der Waals surface area (Å²) < 4.78 is 1.79. The molecule has 0 aliphatic carbocycles. The van der Waals surface area contributed by atoms with Crippen LogP contribution in [0, 0.1) is 19.3 Å². The molecule has 0 aliphatic rings. The first-order valence-electron chi connectivity index (χ1n) is 7.12. The number of aromatic nitrogens is 2. The fourth-order valence-electron chi connectivity index (χ4n) is 2.12. The van der Waals surface area contributed by atoms with Gasteiger partial charge in [-0.1, -0.05) is 20.8 Å². The third kappa shape index (κ3) is 5.57. The molecule has 0 saturated heterocycles. The standard InChI is InChI=1S/C15H25N3O3/c1-10-8-11(2)18(17-10)7-6-13(19)16-12(9-14(20)21)15(3,4)5/h8,12H,6-7,9H2,1-5H3,(H,16,19)(H,20,21). The molecular formula is C15H25N3O3. The largest absolute Gasteiger partial charge is 0.481 e. The van der Waals surface area contributed by atoms with E-state index in [0.29, 0.717) is 6.54 Å². The maximum atomic E-state index is 12.0. The summed E-state index contributed by atoms with van der Waals surface area (Å²) in [4.78, 5) is 22.9. The van der Waals surface area contributed by atoms with Gasteiger partial charge in [-0.3, -0.25) is 14.3 Å². The minimum atomic E-state index is -0.909. The van der Waals surface area contributed by atoms with Gasteiger partial charge >= 0.3 is 5.97 Å². The smallest absolute Gasteiger partial charge is 0.305 e. The van der Waals surface area contributed by atoms with Crippen LogP contribution >= 0.6 is 0 Å². The zero-order valence-electron chi connectivity index (χ0n) is 13.4. The molecule has 6 heteroatoms. The van der Waals surface area contributed by atoms with Gasteiger partial charge in [0.1, 0.15) is 0 Å². The zero-order chi connectivity index (χ0) is 16.2. The summed E-state index contributed by atoms with van der Waals surface area (Å²) in [7, 11) is 0. The number of amides is 1. The maximum Gasteiger partial charge on any atom is 0.305 e. The SMILES string of the molecule is Cc1cc(C)n(CCC(=O)NC(CC(=O)O)C(C)(C)C)n1. The number of rotatable bonds is 6. The number of hydrogen-bond donors (Lipinski definition) is 2. The predicted molar refractivity (Wildman–Crippen MR) is 80.0 cm³/mol. The number of carbonyl (C=O) groups is 2. The van der Waals surface area contributed by atoms with E-state index in [4.69, 9.17) is 5.11 Å². The van der Waals surface area contributed by atoms with E-state index in [0.717, 1.165) is 11.4 Å². The van der Waals surface area contributed by atoms with Gasteiger partial charge in [0.15, 0.2) is 0 Å². The Hall–Kier alpha value is -1.85. The quantitative estimate of drug-likeness (QED) is 0.839. The Balaban J connectivity index is 2.58. The first-order chi connectivity index (χ1) is 9.59. The molecule has 0 bridgehead atoms. The van der Waals surface area contributed by atoms with Crippen molar-refractivity contribution >= 4 is 11.9 Å². The van der Waals surface area contributed by atoms with Crippen molar-refractivity contribution < 1.29 is 14.7 Å². The van der Waals surface area contributed by atoms with Gasteiger partial charge in [0, 0.05) is 24.7 Å². The van der Waals surface area contributed by atoms with E-state index in [1.807, 2.05) is 40.7 Å². The van der Waals surface area contributed by atoms with Gasteiger partial charge < -0.3 is 10.4 Å². The second-order valence-electron chi connectivity index (χ2n) is 6.48. The van der Waals surface area contributed by atoms with E-state index in [1.165, 1.54) is 0 Å². The normalized spacial score (nSPS) is 13.0. The lowest BCUT2D eigenvalue weighted by molar-refractivity contribution is -0.138. The van der Waals surface area contributed by atoms with Crippen LogP contribution in [0.15, 0.2) is 6.07 Å². The highest BCUT2D eigenvalue weighted by atomic mass is 16.4. The highest BCUT2D eigenvalue weighted by molar-refractivity contribution is 5.77. The van der Waals surface area contributed by atoms with Gasteiger partial charge in [0.2, 0.25) is 5.91 Å². The summed E-state index contributed by atoms with van der Waals surface area (Å²) in [6.07, 6.45) is 0.212. The lowest BCUT2D eigenvalue weighted by Gasteiger charge is -2.30. The van der Waals surface area contributed by atoms with Crippen molar-refractivity contribution in [1.82, 2.24) is 15.1 Å². The fourth-order valence-corrected chi connectivity index (χ4v) is 2.12. The number of aryl methyl sites for hydroxylation is 3. The first kappa shape index (κ1) is 17.2. The van der Waals surface area contributed by atoms with E-state index in [9.17, 15) is 9.59 Å². The van der Waals surface area contributed by atoms with Crippen LogP contribution in [0.3, 0.4) is 0 Å². The van der Waals surface area contributed by atoms with Gasteiger partial charge in [-0.15, -0.1) is 0 Å². The van der Waals surface area contributed by atoms with Crippen LogP contribution in [0.2, 0.25) is 0 Å². The van der Waals surface area contributed by atoms with E-state index < -0.39 is 5.97 Å². The molecule has 0 radical (unpaired) electrons. The Morgan fingerprint density at radius 2 is 2.00 bits per heavy atom. The van der Waals surface area contributed by atoms with Crippen molar-refractivity contribution in [2.24, 2.45) is 5.41 Å². The number of carbonyl (C=O) groups excluding carboxylic acids is 1. The van der Waals surface area contributed by atoms with Crippen molar-refractivity contribution in [1.29, 1.82) is 0 Å². The number of aliphatic carboxylic acids is 1. The molecule has 1 atom stereocenters. The molecule has 0 fully saturated rings. The van der Waals surface area contributed by atoms with Crippen molar-refractivity contribution in [3.05, 3.63) is 17.5 Å². The Labute approximate surface area is 125 Å². The molecule has 1 unspecified atom stereocenters. The van der Waals surface area contributed by atoms with E-state index in [2.05, 4.69) is 10.4 Å². The maximum absolute atomic E-state index is 12.0. The van der Waals surface area contributed by atoms with Crippen molar-refractivity contribution in [3.8, 4) is 0 Å². The number of carboxylic acid groups (broad SMARTS) is 1. The number of hydrogen-bond acceptors (Lipinski definition) is 3. The fraction of sp³-hybridized carbons (Fsp3) is 0.667. The van der Waals surface area contributed by atoms with Crippen LogP contribution in [0.25, 0.3) is 0 Å². The number of nitrogens with zero attached hydrogens (tertiary/aromatic N) is 2. The molecule has 1 aromatic heterocycles. The van der Waals surface area contributed by atoms with E-state index >= 15 is 0 Å². The molecule has 1 amide bonds. The van der Waals surface area contributed by atoms with Gasteiger partial charge in [-0.05, 0) is 25.3 Å². The number of carboxylic acids is 1. The van der Waals surface area contributed by atoms with Gasteiger partial charge in [-0.25, -0.2) is 0 Å². The minimum Gasteiger partial charge on any atom is -0.481 e. The minimum absolute atomic E-state index is 0.0743. The van der Waals surface area contributed by atoms with Crippen molar-refractivity contribution in [2.75, 3.05) is 0 Å². The van der Waals surface area contributed by atoms with Crippen LogP contribution in [0.5, 0.6) is 0 Å². The molecule has 0 aliphatic heterocycles. The molecule has 21 heavy (non-hydrogen) atoms. The lowest BCUT2D eigenvalue weighted by atomic mass is 9.84.